The molecule has 3 rings (SSSR count). The number of nitrogens with one attached hydrogen (secondary N) is 3. The maximum absolute atomic E-state index is 12.0. The van der Waals surface area contributed by atoms with Crippen LogP contribution >= 0.6 is 24.0 Å². The average Bonchev–Trinajstić information content (AvgIpc) is 3.11. The highest BCUT2D eigenvalue weighted by Gasteiger charge is 2.25. The molecule has 0 atom stereocenters. The van der Waals surface area contributed by atoms with Crippen LogP contribution in [0.2, 0.25) is 0 Å². The van der Waals surface area contributed by atoms with E-state index in [1.807, 2.05) is 33.0 Å². The lowest BCUT2D eigenvalue weighted by molar-refractivity contribution is 0.0490. The molecular formula is C23H37IN6O2. The number of hydrogen-bond acceptors (Lipinski definition) is 4. The quantitative estimate of drug-likeness (QED) is 0.296. The monoisotopic (exact) mass is 556 g/mol. The van der Waals surface area contributed by atoms with Crippen LogP contribution in [-0.2, 0) is 11.2 Å². The van der Waals surface area contributed by atoms with Crippen LogP contribution in [0.1, 0.15) is 57.7 Å². The van der Waals surface area contributed by atoms with Crippen molar-refractivity contribution in [1.29, 1.82) is 0 Å². The SMILES string of the molecule is CN=C(NCCc1cn2cccc(C)c2n1)NC1CCC(NC(=O)OC(C)(C)C)CC1.I. The molecule has 9 heteroatoms. The van der Waals surface area contributed by atoms with E-state index in [0.717, 1.165) is 55.9 Å². The van der Waals surface area contributed by atoms with E-state index < -0.39 is 5.60 Å². The van der Waals surface area contributed by atoms with Crippen LogP contribution in [0, 0.1) is 6.92 Å². The van der Waals surface area contributed by atoms with Gasteiger partial charge in [-0.2, -0.15) is 0 Å². The molecule has 3 N–H and O–H groups in total. The predicted octanol–water partition coefficient (Wildman–Crippen LogP) is 3.80. The number of nitrogens with zero attached hydrogens (tertiary/aromatic N) is 3. The second-order valence-electron chi connectivity index (χ2n) is 9.24. The summed E-state index contributed by atoms with van der Waals surface area (Å²) >= 11 is 0. The molecule has 32 heavy (non-hydrogen) atoms. The van der Waals surface area contributed by atoms with Crippen molar-refractivity contribution in [2.75, 3.05) is 13.6 Å². The molecule has 1 aliphatic carbocycles. The first-order chi connectivity index (χ1) is 14.7. The smallest absolute Gasteiger partial charge is 0.407 e. The summed E-state index contributed by atoms with van der Waals surface area (Å²) in [5.41, 5.74) is 2.78. The molecule has 0 bridgehead atoms. The number of carbonyl (C=O) groups excluding carboxylic acids is 1. The number of imidazole rings is 1. The van der Waals surface area contributed by atoms with Gasteiger partial charge in [0.15, 0.2) is 5.96 Å². The molecule has 2 heterocycles. The van der Waals surface area contributed by atoms with Gasteiger partial charge in [0.1, 0.15) is 11.2 Å². The molecule has 1 saturated carbocycles. The molecular weight excluding hydrogens is 519 g/mol. The van der Waals surface area contributed by atoms with E-state index in [1.165, 1.54) is 5.56 Å². The minimum atomic E-state index is -0.469. The summed E-state index contributed by atoms with van der Waals surface area (Å²) in [6.07, 6.45) is 8.42. The molecule has 0 radical (unpaired) electrons. The van der Waals surface area contributed by atoms with Crippen molar-refractivity contribution in [2.45, 2.75) is 77.5 Å². The Morgan fingerprint density at radius 2 is 1.88 bits per heavy atom. The molecule has 1 fully saturated rings. The average molecular weight is 556 g/mol. The van der Waals surface area contributed by atoms with Gasteiger partial charge in [-0.25, -0.2) is 9.78 Å². The van der Waals surface area contributed by atoms with Crippen LogP contribution < -0.4 is 16.0 Å². The summed E-state index contributed by atoms with van der Waals surface area (Å²) in [5, 5.41) is 9.89. The van der Waals surface area contributed by atoms with Crippen LogP contribution in [0.5, 0.6) is 0 Å². The lowest BCUT2D eigenvalue weighted by atomic mass is 9.91. The van der Waals surface area contributed by atoms with Gasteiger partial charge in [-0.1, -0.05) is 6.07 Å². The number of rotatable bonds is 5. The van der Waals surface area contributed by atoms with E-state index in [9.17, 15) is 4.79 Å². The molecule has 2 aromatic rings. The molecule has 0 unspecified atom stereocenters. The Balaban J connectivity index is 0.00000363. The van der Waals surface area contributed by atoms with E-state index in [4.69, 9.17) is 9.72 Å². The van der Waals surface area contributed by atoms with Gasteiger partial charge in [0.25, 0.3) is 0 Å². The zero-order valence-electron chi connectivity index (χ0n) is 19.8. The normalized spacial score (nSPS) is 19.2. The molecule has 1 amide bonds. The summed E-state index contributed by atoms with van der Waals surface area (Å²) in [6.45, 7) is 8.47. The Kier molecular flexibility index (Phi) is 9.60. The van der Waals surface area contributed by atoms with Crippen molar-refractivity contribution >= 4 is 41.7 Å². The van der Waals surface area contributed by atoms with Crippen molar-refractivity contribution < 1.29 is 9.53 Å². The lowest BCUT2D eigenvalue weighted by Gasteiger charge is -2.31. The fourth-order valence-electron chi connectivity index (χ4n) is 3.88. The van der Waals surface area contributed by atoms with E-state index in [0.29, 0.717) is 6.04 Å². The van der Waals surface area contributed by atoms with Crippen molar-refractivity contribution in [2.24, 2.45) is 4.99 Å². The Morgan fingerprint density at radius 3 is 2.47 bits per heavy atom. The minimum Gasteiger partial charge on any atom is -0.444 e. The van der Waals surface area contributed by atoms with Crippen LogP contribution in [0.15, 0.2) is 29.5 Å². The Hall–Kier alpha value is -2.04. The standard InChI is InChI=1S/C23H36N6O2.HI/c1-16-7-6-14-29-15-19(26-20(16)29)12-13-25-21(24-5)27-17-8-10-18(11-9-17)28-22(30)31-23(2,3)4;/h6-7,14-15,17-18H,8-13H2,1-5H3,(H,28,30)(H2,24,25,27);1H. The molecule has 0 aromatic carbocycles. The number of pyridine rings is 1. The number of alkyl carbamates (subject to hydrolysis) is 1. The molecule has 0 spiro atoms. The fourth-order valence-corrected chi connectivity index (χ4v) is 3.88. The topological polar surface area (TPSA) is 92.0 Å². The Morgan fingerprint density at radius 1 is 1.22 bits per heavy atom. The summed E-state index contributed by atoms with van der Waals surface area (Å²) in [5.74, 6) is 0.809. The van der Waals surface area contributed by atoms with Gasteiger partial charge < -0.3 is 25.1 Å². The van der Waals surface area contributed by atoms with Gasteiger partial charge in [-0.3, -0.25) is 4.99 Å². The number of fused-ring (bicyclic) bond motifs is 1. The first-order valence-corrected chi connectivity index (χ1v) is 11.1. The molecule has 1 aliphatic rings. The highest BCUT2D eigenvalue weighted by molar-refractivity contribution is 14.0. The maximum Gasteiger partial charge on any atom is 0.407 e. The second kappa shape index (κ2) is 11.7. The number of ether oxygens (including phenoxy) is 1. The van der Waals surface area contributed by atoms with Gasteiger partial charge in [-0.15, -0.1) is 24.0 Å². The van der Waals surface area contributed by atoms with Gasteiger partial charge in [0, 0.05) is 44.5 Å². The number of carbonyl (C=O) groups is 1. The van der Waals surface area contributed by atoms with Crippen LogP contribution in [0.3, 0.4) is 0 Å². The number of aromatic nitrogens is 2. The van der Waals surface area contributed by atoms with Gasteiger partial charge in [0.05, 0.1) is 5.69 Å². The Bertz CT molecular complexity index is 913. The fraction of sp³-hybridized carbons (Fsp3) is 0.609. The van der Waals surface area contributed by atoms with E-state index in [-0.39, 0.29) is 36.1 Å². The molecule has 0 saturated heterocycles. The zero-order valence-corrected chi connectivity index (χ0v) is 22.1. The summed E-state index contributed by atoms with van der Waals surface area (Å²) in [4.78, 5) is 21.0. The number of amides is 1. The summed E-state index contributed by atoms with van der Waals surface area (Å²) in [6, 6.07) is 4.63. The van der Waals surface area contributed by atoms with Crippen LogP contribution in [0.25, 0.3) is 5.65 Å². The third-order valence-corrected chi connectivity index (χ3v) is 5.41. The van der Waals surface area contributed by atoms with Gasteiger partial charge >= 0.3 is 6.09 Å². The first kappa shape index (κ1) is 26.2. The largest absolute Gasteiger partial charge is 0.444 e. The predicted molar refractivity (Wildman–Crippen MR) is 139 cm³/mol. The maximum atomic E-state index is 12.0. The number of aryl methyl sites for hydroxylation is 1. The number of hydrogen-bond donors (Lipinski definition) is 3. The first-order valence-electron chi connectivity index (χ1n) is 11.1. The highest BCUT2D eigenvalue weighted by atomic mass is 127. The van der Waals surface area contributed by atoms with Gasteiger partial charge in [0.2, 0.25) is 0 Å². The summed E-state index contributed by atoms with van der Waals surface area (Å²) in [7, 11) is 1.79. The Labute approximate surface area is 208 Å². The third kappa shape index (κ3) is 7.83. The number of guanidine groups is 1. The molecule has 178 valence electrons. The molecule has 2 aromatic heterocycles. The van der Waals surface area contributed by atoms with Crippen molar-refractivity contribution in [3.63, 3.8) is 0 Å². The van der Waals surface area contributed by atoms with Gasteiger partial charge in [-0.05, 0) is 65.0 Å². The van der Waals surface area contributed by atoms with Crippen molar-refractivity contribution in [3.05, 3.63) is 35.8 Å². The zero-order chi connectivity index (χ0) is 22.4. The van der Waals surface area contributed by atoms with Crippen LogP contribution in [-0.4, -0.2) is 52.7 Å². The second-order valence-corrected chi connectivity index (χ2v) is 9.24. The molecule has 8 nitrogen and oxygen atoms in total. The molecule has 0 aliphatic heterocycles. The number of halogens is 1. The lowest BCUT2D eigenvalue weighted by Crippen LogP contribution is -2.48. The van der Waals surface area contributed by atoms with E-state index in [2.05, 4.69) is 44.5 Å². The highest BCUT2D eigenvalue weighted by Crippen LogP contribution is 2.19. The van der Waals surface area contributed by atoms with Crippen LogP contribution in [0.4, 0.5) is 4.79 Å². The number of aliphatic imine (C=N–C) groups is 1. The van der Waals surface area contributed by atoms with E-state index >= 15 is 0 Å². The minimum absolute atomic E-state index is 0. The van der Waals surface area contributed by atoms with Crippen molar-refractivity contribution in [3.8, 4) is 0 Å². The summed E-state index contributed by atoms with van der Waals surface area (Å²) < 4.78 is 7.43. The third-order valence-electron chi connectivity index (χ3n) is 5.41. The van der Waals surface area contributed by atoms with Crippen molar-refractivity contribution in [1.82, 2.24) is 25.3 Å². The van der Waals surface area contributed by atoms with E-state index in [1.54, 1.807) is 7.05 Å².